The van der Waals surface area contributed by atoms with Gasteiger partial charge in [-0.3, -0.25) is 4.57 Å². The Hall–Kier alpha value is -8.55. The summed E-state index contributed by atoms with van der Waals surface area (Å²) in [5.74, 6) is 1.69. The number of aromatic nitrogens is 6. The zero-order chi connectivity index (χ0) is 41.0. The lowest BCUT2D eigenvalue weighted by Gasteiger charge is -2.15. The van der Waals surface area contributed by atoms with E-state index in [1.165, 1.54) is 0 Å². The minimum absolute atomic E-state index is 0.459. The standard InChI is InChI=1S/C55H34N6O/c1-5-19-35(20-6-1)39-27-13-15-30-42(39)49-50(43-31-16-14-28-40(43)36-21-7-2-8-22-36)57-54-51(56-49)45-33-44-41-29-17-18-32-46(41)61(47(44)34-48(45)62-54)55-59-52(37-23-9-3-10-24-37)58-53(60-55)38-25-11-4-12-26-38/h1-34H. The second kappa shape index (κ2) is 14.6. The predicted molar refractivity (Wildman–Crippen MR) is 250 cm³/mol. The van der Waals surface area contributed by atoms with Gasteiger partial charge in [-0.25, -0.2) is 15.0 Å². The van der Waals surface area contributed by atoms with Gasteiger partial charge in [0.25, 0.3) is 0 Å². The summed E-state index contributed by atoms with van der Waals surface area (Å²) in [6.45, 7) is 0. The highest BCUT2D eigenvalue weighted by molar-refractivity contribution is 6.16. The molecule has 0 atom stereocenters. The first-order valence-electron chi connectivity index (χ1n) is 20.6. The minimum Gasteiger partial charge on any atom is -0.436 e. The second-order valence-electron chi connectivity index (χ2n) is 15.2. The van der Waals surface area contributed by atoms with E-state index < -0.39 is 0 Å². The first-order chi connectivity index (χ1) is 30.7. The Balaban J connectivity index is 1.14. The fourth-order valence-electron chi connectivity index (χ4n) is 8.64. The van der Waals surface area contributed by atoms with E-state index in [2.05, 4.69) is 132 Å². The quantitative estimate of drug-likeness (QED) is 0.160. The van der Waals surface area contributed by atoms with Crippen molar-refractivity contribution in [1.29, 1.82) is 0 Å². The highest BCUT2D eigenvalue weighted by Crippen LogP contribution is 2.43. The van der Waals surface area contributed by atoms with E-state index in [1.54, 1.807) is 0 Å². The monoisotopic (exact) mass is 794 g/mol. The molecule has 7 nitrogen and oxygen atoms in total. The van der Waals surface area contributed by atoms with E-state index in [0.717, 1.165) is 83.1 Å². The van der Waals surface area contributed by atoms with Crippen molar-refractivity contribution in [3.8, 4) is 73.5 Å². The smallest absolute Gasteiger partial charge is 0.246 e. The zero-order valence-corrected chi connectivity index (χ0v) is 33.2. The Morgan fingerprint density at radius 3 is 1.37 bits per heavy atom. The van der Waals surface area contributed by atoms with E-state index >= 15 is 0 Å². The minimum atomic E-state index is 0.459. The summed E-state index contributed by atoms with van der Waals surface area (Å²) in [5, 5.41) is 2.94. The predicted octanol–water partition coefficient (Wildman–Crippen LogP) is 13.7. The summed E-state index contributed by atoms with van der Waals surface area (Å²) >= 11 is 0. The van der Waals surface area contributed by atoms with Crippen LogP contribution in [0.15, 0.2) is 211 Å². The lowest BCUT2D eigenvalue weighted by molar-refractivity contribution is 0.654. The van der Waals surface area contributed by atoms with Crippen LogP contribution in [0.5, 0.6) is 0 Å². The molecule has 8 aromatic carbocycles. The highest BCUT2D eigenvalue weighted by Gasteiger charge is 2.24. The molecule has 0 fully saturated rings. The van der Waals surface area contributed by atoms with E-state index in [4.69, 9.17) is 29.3 Å². The van der Waals surface area contributed by atoms with Gasteiger partial charge in [0, 0.05) is 44.5 Å². The van der Waals surface area contributed by atoms with Crippen molar-refractivity contribution in [1.82, 2.24) is 29.5 Å². The summed E-state index contributed by atoms with van der Waals surface area (Å²) in [6.07, 6.45) is 0. The van der Waals surface area contributed by atoms with Gasteiger partial charge in [-0.1, -0.05) is 188 Å². The van der Waals surface area contributed by atoms with E-state index in [0.29, 0.717) is 34.4 Å². The molecule has 0 aliphatic carbocycles. The number of fused-ring (bicyclic) bond motifs is 6. The van der Waals surface area contributed by atoms with Crippen LogP contribution in [0.1, 0.15) is 0 Å². The summed E-state index contributed by atoms with van der Waals surface area (Å²) in [5.41, 5.74) is 13.3. The highest BCUT2D eigenvalue weighted by atomic mass is 16.3. The molecule has 0 aliphatic rings. The summed E-state index contributed by atoms with van der Waals surface area (Å²) in [6, 6.07) is 70.4. The van der Waals surface area contributed by atoms with Gasteiger partial charge in [0.15, 0.2) is 11.6 Å². The summed E-state index contributed by atoms with van der Waals surface area (Å²) in [4.78, 5) is 26.2. The average molecular weight is 795 g/mol. The number of hydrogen-bond donors (Lipinski definition) is 0. The molecule has 62 heavy (non-hydrogen) atoms. The Labute approximate surface area is 356 Å². The van der Waals surface area contributed by atoms with Crippen molar-refractivity contribution in [2.24, 2.45) is 0 Å². The van der Waals surface area contributed by atoms with E-state index in [1.807, 2.05) is 78.9 Å². The van der Waals surface area contributed by atoms with Gasteiger partial charge in [0.1, 0.15) is 16.8 Å². The topological polar surface area (TPSA) is 82.5 Å². The molecule has 0 aliphatic heterocycles. The molecular formula is C55H34N6O. The molecule has 4 heterocycles. The number of furan rings is 1. The van der Waals surface area contributed by atoms with Crippen LogP contribution in [0, 0.1) is 0 Å². The lowest BCUT2D eigenvalue weighted by Crippen LogP contribution is -2.06. The molecule has 0 radical (unpaired) electrons. The van der Waals surface area contributed by atoms with Crippen molar-refractivity contribution < 1.29 is 4.42 Å². The van der Waals surface area contributed by atoms with Crippen LogP contribution in [0.4, 0.5) is 0 Å². The maximum Gasteiger partial charge on any atom is 0.246 e. The number of rotatable bonds is 7. The largest absolute Gasteiger partial charge is 0.436 e. The van der Waals surface area contributed by atoms with Crippen LogP contribution in [-0.4, -0.2) is 29.5 Å². The molecule has 7 heteroatoms. The van der Waals surface area contributed by atoms with Gasteiger partial charge < -0.3 is 4.42 Å². The van der Waals surface area contributed by atoms with Gasteiger partial charge in [-0.2, -0.15) is 9.97 Å². The third-order valence-electron chi connectivity index (χ3n) is 11.5. The Morgan fingerprint density at radius 2 is 0.806 bits per heavy atom. The molecule has 0 unspecified atom stereocenters. The lowest BCUT2D eigenvalue weighted by atomic mass is 9.92. The van der Waals surface area contributed by atoms with Crippen LogP contribution >= 0.6 is 0 Å². The molecule has 4 aromatic heterocycles. The molecule has 290 valence electrons. The van der Waals surface area contributed by atoms with Crippen molar-refractivity contribution in [2.75, 3.05) is 0 Å². The van der Waals surface area contributed by atoms with Gasteiger partial charge >= 0.3 is 0 Å². The molecule has 0 spiro atoms. The number of para-hydroxylation sites is 1. The molecule has 0 saturated carbocycles. The maximum atomic E-state index is 6.81. The molecule has 0 saturated heterocycles. The molecule has 12 aromatic rings. The van der Waals surface area contributed by atoms with Crippen molar-refractivity contribution in [2.45, 2.75) is 0 Å². The van der Waals surface area contributed by atoms with Gasteiger partial charge in [0.2, 0.25) is 11.7 Å². The average Bonchev–Trinajstić information content (AvgIpc) is 3.87. The second-order valence-corrected chi connectivity index (χ2v) is 15.2. The fourth-order valence-corrected chi connectivity index (χ4v) is 8.64. The molecule has 12 rings (SSSR count). The maximum absolute atomic E-state index is 6.81. The van der Waals surface area contributed by atoms with E-state index in [9.17, 15) is 0 Å². The Kier molecular flexibility index (Phi) is 8.35. The van der Waals surface area contributed by atoms with Crippen molar-refractivity contribution in [3.05, 3.63) is 206 Å². The number of hydrogen-bond acceptors (Lipinski definition) is 6. The summed E-state index contributed by atoms with van der Waals surface area (Å²) < 4.78 is 8.92. The van der Waals surface area contributed by atoms with Crippen molar-refractivity contribution in [3.63, 3.8) is 0 Å². The van der Waals surface area contributed by atoms with Crippen molar-refractivity contribution >= 4 is 44.0 Å². The van der Waals surface area contributed by atoms with Crippen LogP contribution in [0.3, 0.4) is 0 Å². The van der Waals surface area contributed by atoms with Gasteiger partial charge in [0.05, 0.1) is 16.7 Å². The van der Waals surface area contributed by atoms with Gasteiger partial charge in [-0.15, -0.1) is 0 Å². The molecule has 0 bridgehead atoms. The van der Waals surface area contributed by atoms with Gasteiger partial charge in [-0.05, 0) is 34.4 Å². The first-order valence-corrected chi connectivity index (χ1v) is 20.6. The number of nitrogens with zero attached hydrogens (tertiary/aromatic N) is 6. The Bertz CT molecular complexity index is 3560. The normalized spacial score (nSPS) is 11.5. The zero-order valence-electron chi connectivity index (χ0n) is 33.2. The number of benzene rings is 8. The third kappa shape index (κ3) is 5.94. The van der Waals surface area contributed by atoms with Crippen LogP contribution in [-0.2, 0) is 0 Å². The SMILES string of the molecule is c1ccc(-c2nc(-c3ccccc3)nc(-n3c4ccccc4c4cc5c(cc43)oc3nc(-c4ccccc4-c4ccccc4)c(-c4ccccc4-c4ccccc4)nc35)n2)cc1. The third-order valence-corrected chi connectivity index (χ3v) is 11.5. The molecular weight excluding hydrogens is 761 g/mol. The Morgan fingerprint density at radius 1 is 0.339 bits per heavy atom. The van der Waals surface area contributed by atoms with Crippen LogP contribution in [0.25, 0.3) is 117 Å². The van der Waals surface area contributed by atoms with E-state index in [-0.39, 0.29) is 0 Å². The van der Waals surface area contributed by atoms with Crippen LogP contribution in [0.2, 0.25) is 0 Å². The first kappa shape index (κ1) is 35.4. The van der Waals surface area contributed by atoms with Crippen LogP contribution < -0.4 is 0 Å². The molecule has 0 amide bonds. The fraction of sp³-hybridized carbons (Fsp3) is 0. The molecule has 0 N–H and O–H groups in total. The summed E-state index contributed by atoms with van der Waals surface area (Å²) in [7, 11) is 0.